The summed E-state index contributed by atoms with van der Waals surface area (Å²) in [5, 5.41) is 18.2. The van der Waals surface area contributed by atoms with Crippen LogP contribution in [0.15, 0.2) is 55.1 Å². The van der Waals surface area contributed by atoms with Crippen molar-refractivity contribution in [2.24, 2.45) is 0 Å². The number of rotatable bonds is 5. The van der Waals surface area contributed by atoms with Gasteiger partial charge in [0.2, 0.25) is 0 Å². The molecular weight excluding hydrogens is 366 g/mol. The number of amides is 1. The minimum atomic E-state index is -0.300. The highest BCUT2D eigenvalue weighted by molar-refractivity contribution is 6.11. The van der Waals surface area contributed by atoms with Crippen LogP contribution in [0.25, 0.3) is 22.0 Å². The zero-order valence-electron chi connectivity index (χ0n) is 15.7. The fourth-order valence-electron chi connectivity index (χ4n) is 3.45. The van der Waals surface area contributed by atoms with Crippen molar-refractivity contribution in [1.29, 1.82) is 0 Å². The molecule has 1 fully saturated rings. The van der Waals surface area contributed by atoms with E-state index in [2.05, 4.69) is 41.7 Å². The third-order valence-corrected chi connectivity index (χ3v) is 5.10. The molecule has 144 valence electrons. The summed E-state index contributed by atoms with van der Waals surface area (Å²) < 4.78 is 0. The number of fused-ring (bicyclic) bond motifs is 1. The van der Waals surface area contributed by atoms with Crippen LogP contribution >= 0.6 is 0 Å². The molecule has 5 rings (SSSR count). The molecule has 1 aromatic carbocycles. The van der Waals surface area contributed by atoms with Crippen LogP contribution in [0.1, 0.15) is 22.5 Å². The minimum Gasteiger partial charge on any atom is -0.319 e. The number of carbonyl (C=O) groups excluding carboxylic acids is 1. The third kappa shape index (κ3) is 3.57. The van der Waals surface area contributed by atoms with Crippen molar-refractivity contribution >= 4 is 22.5 Å². The number of likely N-dealkylation sites (tertiary alicyclic amines) is 1. The van der Waals surface area contributed by atoms with Gasteiger partial charge in [-0.25, -0.2) is 0 Å². The first-order valence-corrected chi connectivity index (χ1v) is 9.49. The van der Waals surface area contributed by atoms with Gasteiger partial charge in [0.15, 0.2) is 5.69 Å². The Labute approximate surface area is 167 Å². The number of hydrogen-bond donors (Lipinski definition) is 2. The average Bonchev–Trinajstić information content (AvgIpc) is 3.15. The van der Waals surface area contributed by atoms with Crippen LogP contribution in [0.5, 0.6) is 0 Å². The molecule has 29 heavy (non-hydrogen) atoms. The maximum atomic E-state index is 12.7. The number of carbonyl (C=O) groups is 1. The van der Waals surface area contributed by atoms with Crippen molar-refractivity contribution in [3.63, 3.8) is 0 Å². The van der Waals surface area contributed by atoms with Gasteiger partial charge in [0, 0.05) is 29.9 Å². The Hall–Kier alpha value is -3.65. The van der Waals surface area contributed by atoms with E-state index >= 15 is 0 Å². The van der Waals surface area contributed by atoms with E-state index in [0.29, 0.717) is 11.4 Å². The van der Waals surface area contributed by atoms with Crippen LogP contribution in [0, 0.1) is 0 Å². The monoisotopic (exact) mass is 385 g/mol. The third-order valence-electron chi connectivity index (χ3n) is 5.10. The lowest BCUT2D eigenvalue weighted by molar-refractivity contribution is 0.102. The maximum Gasteiger partial charge on any atom is 0.276 e. The highest BCUT2D eigenvalue weighted by Gasteiger charge is 2.17. The number of pyridine rings is 1. The summed E-state index contributed by atoms with van der Waals surface area (Å²) in [6, 6.07) is 9.77. The highest BCUT2D eigenvalue weighted by atomic mass is 16.1. The Morgan fingerprint density at radius 3 is 2.79 bits per heavy atom. The van der Waals surface area contributed by atoms with E-state index < -0.39 is 0 Å². The molecule has 8 nitrogen and oxygen atoms in total. The fourth-order valence-corrected chi connectivity index (χ4v) is 3.45. The van der Waals surface area contributed by atoms with Gasteiger partial charge in [-0.1, -0.05) is 6.07 Å². The molecule has 2 N–H and O–H groups in total. The lowest BCUT2D eigenvalue weighted by Crippen LogP contribution is -2.36. The molecular formula is C21H19N7O. The number of anilines is 1. The molecule has 3 aromatic heterocycles. The van der Waals surface area contributed by atoms with Crippen molar-refractivity contribution in [3.05, 3.63) is 66.4 Å². The standard InChI is InChI=1S/C21H19N7O/c29-21(25-17-4-5-23-24-12-17)20-18-9-15(2-3-19(18)26-27-20)16-8-14(10-22-11-16)13-28-6-1-7-28/h2-5,8-12H,1,6-7,13H2,(H,26,27)(H,23,25,29). The maximum absolute atomic E-state index is 12.7. The number of aromatic nitrogens is 5. The lowest BCUT2D eigenvalue weighted by atomic mass is 10.0. The van der Waals surface area contributed by atoms with Gasteiger partial charge in [-0.3, -0.25) is 19.8 Å². The second kappa shape index (κ2) is 7.40. The smallest absolute Gasteiger partial charge is 0.276 e. The first kappa shape index (κ1) is 17.4. The van der Waals surface area contributed by atoms with Crippen LogP contribution in [0.2, 0.25) is 0 Å². The van der Waals surface area contributed by atoms with E-state index in [0.717, 1.165) is 41.7 Å². The van der Waals surface area contributed by atoms with Gasteiger partial charge in [0.05, 0.1) is 23.6 Å². The lowest BCUT2D eigenvalue weighted by Gasteiger charge is -2.30. The molecule has 0 unspecified atom stereocenters. The number of benzene rings is 1. The van der Waals surface area contributed by atoms with Gasteiger partial charge < -0.3 is 5.32 Å². The topological polar surface area (TPSA) is 99.7 Å². The molecule has 1 aliphatic rings. The fraction of sp³-hybridized carbons (Fsp3) is 0.190. The Balaban J connectivity index is 1.45. The Kier molecular flexibility index (Phi) is 4.45. The Morgan fingerprint density at radius 2 is 2.00 bits per heavy atom. The van der Waals surface area contributed by atoms with E-state index in [4.69, 9.17) is 0 Å². The number of nitrogens with one attached hydrogen (secondary N) is 2. The molecule has 0 saturated carbocycles. The summed E-state index contributed by atoms with van der Waals surface area (Å²) >= 11 is 0. The van der Waals surface area contributed by atoms with Crippen LogP contribution in [0.4, 0.5) is 5.69 Å². The number of hydrogen-bond acceptors (Lipinski definition) is 6. The SMILES string of the molecule is O=C(Nc1ccnnc1)c1n[nH]c2ccc(-c3cncc(CN4CCC4)c3)cc12. The zero-order chi connectivity index (χ0) is 19.6. The van der Waals surface area contributed by atoms with E-state index in [1.165, 1.54) is 24.4 Å². The molecule has 1 aliphatic heterocycles. The van der Waals surface area contributed by atoms with Gasteiger partial charge in [-0.15, -0.1) is 0 Å². The molecule has 0 bridgehead atoms. The Bertz CT molecular complexity index is 1170. The van der Waals surface area contributed by atoms with Gasteiger partial charge in [0.1, 0.15) is 0 Å². The molecule has 0 radical (unpaired) electrons. The molecule has 0 aliphatic carbocycles. The van der Waals surface area contributed by atoms with Crippen molar-refractivity contribution < 1.29 is 4.79 Å². The molecule has 1 saturated heterocycles. The van der Waals surface area contributed by atoms with E-state index in [-0.39, 0.29) is 5.91 Å². The zero-order valence-corrected chi connectivity index (χ0v) is 15.7. The second-order valence-corrected chi connectivity index (χ2v) is 7.13. The summed E-state index contributed by atoms with van der Waals surface area (Å²) in [4.78, 5) is 19.5. The summed E-state index contributed by atoms with van der Waals surface area (Å²) in [5.74, 6) is -0.300. The number of H-pyrrole nitrogens is 1. The first-order chi connectivity index (χ1) is 14.3. The van der Waals surface area contributed by atoms with Crippen LogP contribution in [-0.4, -0.2) is 49.3 Å². The van der Waals surface area contributed by atoms with Crippen molar-refractivity contribution in [2.75, 3.05) is 18.4 Å². The van der Waals surface area contributed by atoms with E-state index in [1.807, 2.05) is 30.6 Å². The van der Waals surface area contributed by atoms with Gasteiger partial charge >= 0.3 is 0 Å². The van der Waals surface area contributed by atoms with Crippen molar-refractivity contribution in [1.82, 2.24) is 30.3 Å². The average molecular weight is 385 g/mol. The predicted molar refractivity (Wildman–Crippen MR) is 109 cm³/mol. The highest BCUT2D eigenvalue weighted by Crippen LogP contribution is 2.26. The van der Waals surface area contributed by atoms with Gasteiger partial charge in [-0.2, -0.15) is 15.3 Å². The van der Waals surface area contributed by atoms with Crippen molar-refractivity contribution in [3.8, 4) is 11.1 Å². The first-order valence-electron chi connectivity index (χ1n) is 9.49. The van der Waals surface area contributed by atoms with Crippen LogP contribution in [0.3, 0.4) is 0 Å². The summed E-state index contributed by atoms with van der Waals surface area (Å²) in [6.45, 7) is 3.22. The minimum absolute atomic E-state index is 0.300. The van der Waals surface area contributed by atoms with Gasteiger partial charge in [-0.05, 0) is 54.9 Å². The van der Waals surface area contributed by atoms with E-state index in [1.54, 1.807) is 6.07 Å². The van der Waals surface area contributed by atoms with Crippen molar-refractivity contribution in [2.45, 2.75) is 13.0 Å². The van der Waals surface area contributed by atoms with Gasteiger partial charge in [0.25, 0.3) is 5.91 Å². The summed E-state index contributed by atoms with van der Waals surface area (Å²) in [6.07, 6.45) is 8.05. The van der Waals surface area contributed by atoms with E-state index in [9.17, 15) is 4.79 Å². The number of nitrogens with zero attached hydrogens (tertiary/aromatic N) is 5. The van der Waals surface area contributed by atoms with Crippen LogP contribution < -0.4 is 5.32 Å². The molecule has 0 atom stereocenters. The van der Waals surface area contributed by atoms with Crippen LogP contribution in [-0.2, 0) is 6.54 Å². The predicted octanol–water partition coefficient (Wildman–Crippen LogP) is 2.87. The summed E-state index contributed by atoms with van der Waals surface area (Å²) in [7, 11) is 0. The molecule has 1 amide bonds. The molecule has 4 aromatic rings. The summed E-state index contributed by atoms with van der Waals surface area (Å²) in [5.41, 5.74) is 4.92. The largest absolute Gasteiger partial charge is 0.319 e. The number of aromatic amines is 1. The Morgan fingerprint density at radius 1 is 1.07 bits per heavy atom. The quantitative estimate of drug-likeness (QED) is 0.548. The molecule has 8 heteroatoms. The normalized spacial score (nSPS) is 13.9. The second-order valence-electron chi connectivity index (χ2n) is 7.13. The molecule has 4 heterocycles. The molecule has 0 spiro atoms.